The van der Waals surface area contributed by atoms with E-state index in [1.807, 2.05) is 24.3 Å². The molecule has 0 radical (unpaired) electrons. The number of hydrogen-bond acceptors (Lipinski definition) is 3. The summed E-state index contributed by atoms with van der Waals surface area (Å²) in [4.78, 5) is 12.2. The van der Waals surface area contributed by atoms with Crippen LogP contribution in [-0.2, 0) is 4.79 Å². The molecule has 1 aliphatic rings. The zero-order valence-corrected chi connectivity index (χ0v) is 13.5. The van der Waals surface area contributed by atoms with E-state index in [0.29, 0.717) is 6.42 Å². The lowest BCUT2D eigenvalue weighted by atomic mass is 10.0. The van der Waals surface area contributed by atoms with Crippen LogP contribution < -0.4 is 16.2 Å². The Morgan fingerprint density at radius 1 is 1.13 bits per heavy atom. The smallest absolute Gasteiger partial charge is 0.243 e. The fourth-order valence-electron chi connectivity index (χ4n) is 2.45. The van der Waals surface area contributed by atoms with E-state index >= 15 is 0 Å². The number of hydrazine groups is 1. The Morgan fingerprint density at radius 2 is 1.87 bits per heavy atom. The number of carbonyl (C=O) groups excluding carboxylic acids is 1. The van der Waals surface area contributed by atoms with Crippen molar-refractivity contribution in [2.24, 2.45) is 0 Å². The first kappa shape index (κ1) is 16.0. The second-order valence-corrected chi connectivity index (χ2v) is 6.21. The monoisotopic (exact) mass is 381 g/mol. The van der Waals surface area contributed by atoms with Crippen LogP contribution in [-0.4, -0.2) is 11.9 Å². The maximum Gasteiger partial charge on any atom is 0.243 e. The lowest BCUT2D eigenvalue weighted by Gasteiger charge is -2.11. The van der Waals surface area contributed by atoms with Crippen molar-refractivity contribution in [1.82, 2.24) is 10.9 Å². The number of hydrogen-bond donors (Lipinski definition) is 3. The highest BCUT2D eigenvalue weighted by molar-refractivity contribution is 9.10. The van der Waals surface area contributed by atoms with Crippen LogP contribution in [0, 0.1) is 11.6 Å². The molecule has 1 saturated heterocycles. The molecule has 4 nitrogen and oxygen atoms in total. The van der Waals surface area contributed by atoms with Crippen LogP contribution in [0.5, 0.6) is 0 Å². The summed E-state index contributed by atoms with van der Waals surface area (Å²) in [7, 11) is 0. The Morgan fingerprint density at radius 3 is 2.57 bits per heavy atom. The van der Waals surface area contributed by atoms with E-state index in [9.17, 15) is 13.6 Å². The fraction of sp³-hybridized carbons (Fsp3) is 0.188. The number of amides is 1. The van der Waals surface area contributed by atoms with Crippen molar-refractivity contribution in [3.05, 3.63) is 64.1 Å². The van der Waals surface area contributed by atoms with E-state index in [-0.39, 0.29) is 17.6 Å². The summed E-state index contributed by atoms with van der Waals surface area (Å²) in [6.07, 6.45) is 0.524. The summed E-state index contributed by atoms with van der Waals surface area (Å²) in [5.41, 5.74) is 6.96. The average Bonchev–Trinajstić information content (AvgIpc) is 3.01. The first-order valence-electron chi connectivity index (χ1n) is 7.05. The van der Waals surface area contributed by atoms with E-state index in [4.69, 9.17) is 0 Å². The minimum Gasteiger partial charge on any atom is -0.322 e. The molecule has 3 N–H and O–H groups in total. The lowest BCUT2D eigenvalue weighted by molar-refractivity contribution is -0.117. The van der Waals surface area contributed by atoms with Gasteiger partial charge in [0.1, 0.15) is 17.7 Å². The van der Waals surface area contributed by atoms with Gasteiger partial charge in [-0.25, -0.2) is 19.6 Å². The van der Waals surface area contributed by atoms with Crippen LogP contribution in [0.3, 0.4) is 0 Å². The molecule has 0 spiro atoms. The molecule has 2 aromatic rings. The van der Waals surface area contributed by atoms with E-state index in [2.05, 4.69) is 32.1 Å². The van der Waals surface area contributed by atoms with Crippen molar-refractivity contribution in [3.8, 4) is 0 Å². The quantitative estimate of drug-likeness (QED) is 0.764. The third-order valence-corrected chi connectivity index (χ3v) is 4.21. The summed E-state index contributed by atoms with van der Waals surface area (Å²) in [6, 6.07) is 10.3. The third-order valence-electron chi connectivity index (χ3n) is 3.68. The molecule has 1 aliphatic heterocycles. The predicted octanol–water partition coefficient (Wildman–Crippen LogP) is 3.27. The van der Waals surface area contributed by atoms with Crippen molar-refractivity contribution in [2.75, 3.05) is 5.32 Å². The molecule has 2 unspecified atom stereocenters. The van der Waals surface area contributed by atoms with Gasteiger partial charge in [-0.05, 0) is 36.2 Å². The first-order valence-corrected chi connectivity index (χ1v) is 7.84. The molecule has 120 valence electrons. The molecular weight excluding hydrogens is 368 g/mol. The van der Waals surface area contributed by atoms with Crippen molar-refractivity contribution in [1.29, 1.82) is 0 Å². The SMILES string of the molecule is O=C(Nc1ccc(F)cc1F)C1CC(c2ccc(Br)cc2)NN1. The number of anilines is 1. The van der Waals surface area contributed by atoms with Gasteiger partial charge < -0.3 is 5.32 Å². The van der Waals surface area contributed by atoms with Gasteiger partial charge in [0, 0.05) is 16.6 Å². The van der Waals surface area contributed by atoms with Crippen molar-refractivity contribution < 1.29 is 13.6 Å². The summed E-state index contributed by atoms with van der Waals surface area (Å²) in [5.74, 6) is -1.85. The number of halogens is 3. The predicted molar refractivity (Wildman–Crippen MR) is 86.5 cm³/mol. The third kappa shape index (κ3) is 3.74. The van der Waals surface area contributed by atoms with Crippen LogP contribution in [0.4, 0.5) is 14.5 Å². The highest BCUT2D eigenvalue weighted by atomic mass is 79.9. The van der Waals surface area contributed by atoms with E-state index in [1.54, 1.807) is 0 Å². The largest absolute Gasteiger partial charge is 0.322 e. The van der Waals surface area contributed by atoms with Gasteiger partial charge in [0.05, 0.1) is 5.69 Å². The van der Waals surface area contributed by atoms with Crippen molar-refractivity contribution in [3.63, 3.8) is 0 Å². The van der Waals surface area contributed by atoms with Gasteiger partial charge in [-0.1, -0.05) is 28.1 Å². The van der Waals surface area contributed by atoms with Gasteiger partial charge >= 0.3 is 0 Å². The second kappa shape index (κ2) is 6.74. The topological polar surface area (TPSA) is 53.2 Å². The van der Waals surface area contributed by atoms with Crippen LogP contribution in [0.2, 0.25) is 0 Å². The number of rotatable bonds is 3. The summed E-state index contributed by atoms with van der Waals surface area (Å²) in [6.45, 7) is 0. The van der Waals surface area contributed by atoms with Gasteiger partial charge in [-0.2, -0.15) is 0 Å². The van der Waals surface area contributed by atoms with E-state index in [1.165, 1.54) is 6.07 Å². The molecule has 1 heterocycles. The number of carbonyl (C=O) groups is 1. The summed E-state index contributed by atoms with van der Waals surface area (Å²) in [5, 5.41) is 2.47. The fourth-order valence-corrected chi connectivity index (χ4v) is 2.72. The number of benzene rings is 2. The van der Waals surface area contributed by atoms with E-state index < -0.39 is 17.7 Å². The molecule has 7 heteroatoms. The Bertz CT molecular complexity index is 724. The summed E-state index contributed by atoms with van der Waals surface area (Å²) >= 11 is 3.38. The second-order valence-electron chi connectivity index (χ2n) is 5.29. The number of nitrogens with one attached hydrogen (secondary N) is 3. The standard InChI is InChI=1S/C16H14BrF2N3O/c17-10-3-1-9(2-4-10)14-8-15(22-21-14)16(23)20-13-6-5-11(18)7-12(13)19/h1-7,14-15,21-22H,8H2,(H,20,23). The molecule has 2 aromatic carbocycles. The maximum absolute atomic E-state index is 13.6. The zero-order chi connectivity index (χ0) is 16.4. The molecule has 1 amide bonds. The zero-order valence-electron chi connectivity index (χ0n) is 11.9. The minimum atomic E-state index is -0.797. The molecule has 23 heavy (non-hydrogen) atoms. The Kier molecular flexibility index (Phi) is 4.70. The van der Waals surface area contributed by atoms with Gasteiger partial charge in [0.15, 0.2) is 0 Å². The van der Waals surface area contributed by atoms with Gasteiger partial charge in [0.2, 0.25) is 5.91 Å². The molecule has 0 aliphatic carbocycles. The lowest BCUT2D eigenvalue weighted by Crippen LogP contribution is -2.39. The highest BCUT2D eigenvalue weighted by Gasteiger charge is 2.30. The van der Waals surface area contributed by atoms with Crippen LogP contribution >= 0.6 is 15.9 Å². The normalized spacial score (nSPS) is 20.5. The van der Waals surface area contributed by atoms with Gasteiger partial charge in [-0.15, -0.1) is 0 Å². The Labute approximate surface area is 140 Å². The highest BCUT2D eigenvalue weighted by Crippen LogP contribution is 2.24. The molecule has 3 rings (SSSR count). The molecular formula is C16H14BrF2N3O. The summed E-state index contributed by atoms with van der Waals surface area (Å²) < 4.78 is 27.4. The minimum absolute atomic E-state index is 0.0167. The molecule has 0 bridgehead atoms. The molecule has 2 atom stereocenters. The Balaban J connectivity index is 1.64. The first-order chi connectivity index (χ1) is 11.0. The van der Waals surface area contributed by atoms with Gasteiger partial charge in [-0.3, -0.25) is 4.79 Å². The van der Waals surface area contributed by atoms with Gasteiger partial charge in [0.25, 0.3) is 0 Å². The molecule has 1 fully saturated rings. The average molecular weight is 382 g/mol. The van der Waals surface area contributed by atoms with Crippen LogP contribution in [0.15, 0.2) is 46.9 Å². The van der Waals surface area contributed by atoms with Crippen molar-refractivity contribution in [2.45, 2.75) is 18.5 Å². The van der Waals surface area contributed by atoms with E-state index in [0.717, 1.165) is 22.2 Å². The molecule has 0 aromatic heterocycles. The van der Waals surface area contributed by atoms with Crippen LogP contribution in [0.25, 0.3) is 0 Å². The maximum atomic E-state index is 13.6. The van der Waals surface area contributed by atoms with Crippen molar-refractivity contribution >= 4 is 27.5 Å². The van der Waals surface area contributed by atoms with Crippen LogP contribution in [0.1, 0.15) is 18.0 Å². The Hall–Kier alpha value is -1.83. The molecule has 0 saturated carbocycles.